The Balaban J connectivity index is 2.22. The van der Waals surface area contributed by atoms with Crippen molar-refractivity contribution in [1.82, 2.24) is 9.78 Å². The van der Waals surface area contributed by atoms with Crippen LogP contribution in [0.15, 0.2) is 24.3 Å². The van der Waals surface area contributed by atoms with Crippen molar-refractivity contribution in [1.29, 1.82) is 0 Å². The van der Waals surface area contributed by atoms with Crippen molar-refractivity contribution in [3.05, 3.63) is 45.6 Å². The lowest BCUT2D eigenvalue weighted by atomic mass is 10.2. The van der Waals surface area contributed by atoms with Crippen LogP contribution in [0.4, 0.5) is 11.5 Å². The Morgan fingerprint density at radius 1 is 1.40 bits per heavy atom. The first-order chi connectivity index (χ1) is 9.52. The highest BCUT2D eigenvalue weighted by atomic mass is 16.6. The number of aryl methyl sites for hydroxylation is 1. The number of rotatable bonds is 5. The summed E-state index contributed by atoms with van der Waals surface area (Å²) in [4.78, 5) is 10.4. The summed E-state index contributed by atoms with van der Waals surface area (Å²) in [5.41, 5.74) is 6.90. The van der Waals surface area contributed by atoms with Crippen molar-refractivity contribution in [3.63, 3.8) is 0 Å². The van der Waals surface area contributed by atoms with E-state index in [1.165, 1.54) is 4.68 Å². The number of nitrogen functional groups attached to an aromatic ring is 1. The molecule has 0 radical (unpaired) electrons. The third kappa shape index (κ3) is 2.71. The van der Waals surface area contributed by atoms with Crippen LogP contribution in [0, 0.1) is 17.0 Å². The van der Waals surface area contributed by atoms with E-state index in [1.54, 1.807) is 6.92 Å². The zero-order valence-corrected chi connectivity index (χ0v) is 11.4. The second-order valence-corrected chi connectivity index (χ2v) is 4.31. The normalized spacial score (nSPS) is 10.5. The standard InChI is InChI=1S/C13H16N4O3/c1-3-20-11-6-4-10(5-7-11)8-16-13(14)12(17(18)19)9(2)15-16/h4-7H,3,8,14H2,1-2H3. The molecule has 0 aliphatic rings. The monoisotopic (exact) mass is 276 g/mol. The second kappa shape index (κ2) is 5.60. The maximum atomic E-state index is 10.9. The number of nitro groups is 1. The summed E-state index contributed by atoms with van der Waals surface area (Å²) in [6.07, 6.45) is 0. The van der Waals surface area contributed by atoms with E-state index in [4.69, 9.17) is 10.5 Å². The number of hydrogen-bond donors (Lipinski definition) is 1. The Morgan fingerprint density at radius 3 is 2.55 bits per heavy atom. The summed E-state index contributed by atoms with van der Waals surface area (Å²) in [7, 11) is 0. The minimum absolute atomic E-state index is 0.0707. The molecular formula is C13H16N4O3. The summed E-state index contributed by atoms with van der Waals surface area (Å²) >= 11 is 0. The Bertz CT molecular complexity index is 619. The number of anilines is 1. The Hall–Kier alpha value is -2.57. The molecule has 0 fully saturated rings. The fourth-order valence-corrected chi connectivity index (χ4v) is 1.97. The quantitative estimate of drug-likeness (QED) is 0.666. The van der Waals surface area contributed by atoms with E-state index in [-0.39, 0.29) is 11.5 Å². The molecule has 106 valence electrons. The van der Waals surface area contributed by atoms with Crippen LogP contribution in [0.25, 0.3) is 0 Å². The predicted molar refractivity (Wildman–Crippen MR) is 74.7 cm³/mol. The highest BCUT2D eigenvalue weighted by Crippen LogP contribution is 2.25. The van der Waals surface area contributed by atoms with Crippen molar-refractivity contribution in [2.45, 2.75) is 20.4 Å². The molecule has 0 unspecified atom stereocenters. The minimum atomic E-state index is -0.508. The third-order valence-electron chi connectivity index (χ3n) is 2.88. The van der Waals surface area contributed by atoms with Crippen LogP contribution in [0.1, 0.15) is 18.2 Å². The van der Waals surface area contributed by atoms with E-state index in [0.717, 1.165) is 11.3 Å². The van der Waals surface area contributed by atoms with Crippen LogP contribution in [-0.2, 0) is 6.54 Å². The lowest BCUT2D eigenvalue weighted by Crippen LogP contribution is -2.06. The van der Waals surface area contributed by atoms with E-state index in [9.17, 15) is 10.1 Å². The third-order valence-corrected chi connectivity index (χ3v) is 2.88. The van der Waals surface area contributed by atoms with Crippen LogP contribution in [-0.4, -0.2) is 21.3 Å². The summed E-state index contributed by atoms with van der Waals surface area (Å²) in [6.45, 7) is 4.48. The molecule has 2 aromatic rings. The first kappa shape index (κ1) is 13.9. The summed E-state index contributed by atoms with van der Waals surface area (Å²) in [6, 6.07) is 7.46. The highest BCUT2D eigenvalue weighted by molar-refractivity contribution is 5.56. The lowest BCUT2D eigenvalue weighted by molar-refractivity contribution is -0.384. The molecule has 20 heavy (non-hydrogen) atoms. The van der Waals surface area contributed by atoms with E-state index < -0.39 is 4.92 Å². The van der Waals surface area contributed by atoms with Gasteiger partial charge in [0.1, 0.15) is 11.4 Å². The number of nitrogens with two attached hydrogens (primary N) is 1. The fraction of sp³-hybridized carbons (Fsp3) is 0.308. The number of benzene rings is 1. The Morgan fingerprint density at radius 2 is 2.05 bits per heavy atom. The van der Waals surface area contributed by atoms with Crippen LogP contribution < -0.4 is 10.5 Å². The molecule has 0 aliphatic heterocycles. The molecule has 1 aromatic heterocycles. The number of hydrogen-bond acceptors (Lipinski definition) is 5. The maximum Gasteiger partial charge on any atom is 0.333 e. The highest BCUT2D eigenvalue weighted by Gasteiger charge is 2.22. The van der Waals surface area contributed by atoms with Gasteiger partial charge in [-0.05, 0) is 31.5 Å². The van der Waals surface area contributed by atoms with Gasteiger partial charge in [0.05, 0.1) is 18.1 Å². The summed E-state index contributed by atoms with van der Waals surface area (Å²) < 4.78 is 6.79. The van der Waals surface area contributed by atoms with Gasteiger partial charge in [-0.25, -0.2) is 4.68 Å². The molecule has 0 saturated carbocycles. The van der Waals surface area contributed by atoms with Gasteiger partial charge in [0.15, 0.2) is 0 Å². The topological polar surface area (TPSA) is 96.2 Å². The van der Waals surface area contributed by atoms with E-state index in [2.05, 4.69) is 5.10 Å². The minimum Gasteiger partial charge on any atom is -0.494 e. The molecule has 0 aliphatic carbocycles. The molecule has 2 rings (SSSR count). The lowest BCUT2D eigenvalue weighted by Gasteiger charge is -2.06. The van der Waals surface area contributed by atoms with Crippen molar-refractivity contribution < 1.29 is 9.66 Å². The molecule has 7 heteroatoms. The predicted octanol–water partition coefficient (Wildman–Crippen LogP) is 2.13. The molecule has 7 nitrogen and oxygen atoms in total. The van der Waals surface area contributed by atoms with E-state index >= 15 is 0 Å². The SMILES string of the molecule is CCOc1ccc(Cn2nc(C)c([N+](=O)[O-])c2N)cc1. The van der Waals surface area contributed by atoms with Crippen molar-refractivity contribution >= 4 is 11.5 Å². The van der Waals surface area contributed by atoms with E-state index in [0.29, 0.717) is 18.8 Å². The maximum absolute atomic E-state index is 10.9. The van der Waals surface area contributed by atoms with Gasteiger partial charge in [-0.15, -0.1) is 0 Å². The van der Waals surface area contributed by atoms with E-state index in [1.807, 2.05) is 31.2 Å². The molecule has 1 aromatic carbocycles. The average Bonchev–Trinajstić information content (AvgIpc) is 2.67. The summed E-state index contributed by atoms with van der Waals surface area (Å²) in [5, 5.41) is 15.0. The number of ether oxygens (including phenoxy) is 1. The average molecular weight is 276 g/mol. The zero-order chi connectivity index (χ0) is 14.7. The fourth-order valence-electron chi connectivity index (χ4n) is 1.97. The smallest absolute Gasteiger partial charge is 0.333 e. The molecule has 0 saturated heterocycles. The molecule has 0 atom stereocenters. The Labute approximate surface area is 116 Å². The van der Waals surface area contributed by atoms with Crippen LogP contribution >= 0.6 is 0 Å². The largest absolute Gasteiger partial charge is 0.494 e. The number of nitrogens with zero attached hydrogens (tertiary/aromatic N) is 3. The summed E-state index contributed by atoms with van der Waals surface area (Å²) in [5.74, 6) is 0.855. The van der Waals surface area contributed by atoms with Crippen LogP contribution in [0.2, 0.25) is 0 Å². The molecule has 0 bridgehead atoms. The molecule has 0 amide bonds. The molecule has 0 spiro atoms. The number of aromatic nitrogens is 2. The molecule has 2 N–H and O–H groups in total. The van der Waals surface area contributed by atoms with Gasteiger partial charge >= 0.3 is 5.69 Å². The first-order valence-corrected chi connectivity index (χ1v) is 6.22. The van der Waals surface area contributed by atoms with Crippen molar-refractivity contribution in [2.24, 2.45) is 0 Å². The first-order valence-electron chi connectivity index (χ1n) is 6.22. The van der Waals surface area contributed by atoms with Crippen molar-refractivity contribution in [3.8, 4) is 5.75 Å². The van der Waals surface area contributed by atoms with Crippen LogP contribution in [0.5, 0.6) is 5.75 Å². The Kier molecular flexibility index (Phi) is 3.88. The van der Waals surface area contributed by atoms with Crippen LogP contribution in [0.3, 0.4) is 0 Å². The molecule has 1 heterocycles. The molecular weight excluding hydrogens is 260 g/mol. The van der Waals surface area contributed by atoms with Gasteiger partial charge < -0.3 is 10.5 Å². The van der Waals surface area contributed by atoms with Gasteiger partial charge in [0.25, 0.3) is 0 Å². The zero-order valence-electron chi connectivity index (χ0n) is 11.4. The van der Waals surface area contributed by atoms with Gasteiger partial charge in [-0.3, -0.25) is 10.1 Å². The second-order valence-electron chi connectivity index (χ2n) is 4.31. The van der Waals surface area contributed by atoms with Gasteiger partial charge in [-0.2, -0.15) is 5.10 Å². The van der Waals surface area contributed by atoms with Gasteiger partial charge in [0.2, 0.25) is 5.82 Å². The van der Waals surface area contributed by atoms with Gasteiger partial charge in [-0.1, -0.05) is 12.1 Å². The van der Waals surface area contributed by atoms with Crippen molar-refractivity contribution in [2.75, 3.05) is 12.3 Å². The van der Waals surface area contributed by atoms with Gasteiger partial charge in [0, 0.05) is 0 Å².